The fraction of sp³-hybridized carbons (Fsp3) is 0.200. The number of alkyl carbamates (subject to hydrolysis) is 1. The van der Waals surface area contributed by atoms with Gasteiger partial charge >= 0.3 is 6.09 Å². The third-order valence-corrected chi connectivity index (χ3v) is 4.85. The molecule has 30 heavy (non-hydrogen) atoms. The van der Waals surface area contributed by atoms with Crippen molar-refractivity contribution in [3.8, 4) is 0 Å². The Balaban J connectivity index is 1.83. The summed E-state index contributed by atoms with van der Waals surface area (Å²) in [5.41, 5.74) is 4.85. The van der Waals surface area contributed by atoms with Crippen LogP contribution in [0.2, 0.25) is 0 Å². The van der Waals surface area contributed by atoms with E-state index in [0.717, 1.165) is 38.7 Å². The number of hydrogen-bond donors (Lipinski definition) is 1. The normalized spacial score (nSPS) is 11.1. The molecule has 5 nitrogen and oxygen atoms in total. The summed E-state index contributed by atoms with van der Waals surface area (Å²) in [7, 11) is 0. The Hall–Kier alpha value is -3.60. The van der Waals surface area contributed by atoms with Gasteiger partial charge in [0, 0.05) is 22.5 Å². The van der Waals surface area contributed by atoms with Crippen molar-refractivity contribution in [1.82, 2.24) is 10.3 Å². The number of rotatable bonds is 5. The minimum Gasteiger partial charge on any atom is -0.428 e. The average molecular weight is 399 g/mol. The van der Waals surface area contributed by atoms with Crippen molar-refractivity contribution in [2.24, 2.45) is 0 Å². The molecule has 0 atom stereocenters. The second-order valence-electron chi connectivity index (χ2n) is 7.66. The van der Waals surface area contributed by atoms with Crippen molar-refractivity contribution in [3.05, 3.63) is 78.4 Å². The van der Waals surface area contributed by atoms with Gasteiger partial charge < -0.3 is 15.0 Å². The number of fused-ring (bicyclic) bond motifs is 2. The minimum absolute atomic E-state index is 0.0121. The second-order valence-corrected chi connectivity index (χ2v) is 7.66. The Labute approximate surface area is 176 Å². The first-order valence-electron chi connectivity index (χ1n) is 10.1. The number of amides is 1. The molecule has 152 valence electrons. The molecule has 4 aromatic rings. The van der Waals surface area contributed by atoms with Gasteiger partial charge in [-0.1, -0.05) is 36.4 Å². The van der Waals surface area contributed by atoms with Crippen LogP contribution in [-0.2, 0) is 4.74 Å². The zero-order chi connectivity index (χ0) is 21.1. The number of pyridine rings is 1. The summed E-state index contributed by atoms with van der Waals surface area (Å²) < 4.78 is 5.56. The summed E-state index contributed by atoms with van der Waals surface area (Å²) in [6, 6.07) is 24.4. The summed E-state index contributed by atoms with van der Waals surface area (Å²) in [5, 5.41) is 4.85. The van der Waals surface area contributed by atoms with Gasteiger partial charge in [0.25, 0.3) is 0 Å². The van der Waals surface area contributed by atoms with Crippen LogP contribution in [0.5, 0.6) is 0 Å². The predicted molar refractivity (Wildman–Crippen MR) is 122 cm³/mol. The Morgan fingerprint density at radius 3 is 2.50 bits per heavy atom. The lowest BCUT2D eigenvalue weighted by Gasteiger charge is -2.26. The second kappa shape index (κ2) is 8.41. The molecule has 0 unspecified atom stereocenters. The number of anilines is 2. The summed E-state index contributed by atoms with van der Waals surface area (Å²) in [6.07, 6.45) is -0.438. The number of carbonyl (C=O) groups excluding carboxylic acids is 1. The van der Waals surface area contributed by atoms with E-state index in [4.69, 9.17) is 9.72 Å². The summed E-state index contributed by atoms with van der Waals surface area (Å²) in [6.45, 7) is 5.95. The van der Waals surface area contributed by atoms with Gasteiger partial charge in [-0.2, -0.15) is 0 Å². The highest BCUT2D eigenvalue weighted by Crippen LogP contribution is 2.34. The molecule has 0 aliphatic heterocycles. The maximum atomic E-state index is 12.2. The lowest BCUT2D eigenvalue weighted by atomic mass is 10.1. The van der Waals surface area contributed by atoms with E-state index >= 15 is 0 Å². The van der Waals surface area contributed by atoms with E-state index in [9.17, 15) is 4.79 Å². The number of benzene rings is 3. The molecule has 0 fully saturated rings. The maximum Gasteiger partial charge on any atom is 0.409 e. The summed E-state index contributed by atoms with van der Waals surface area (Å²) >= 11 is 0. The van der Waals surface area contributed by atoms with Crippen LogP contribution in [0.15, 0.2) is 72.8 Å². The van der Waals surface area contributed by atoms with Gasteiger partial charge in [-0.25, -0.2) is 9.78 Å². The molecule has 5 heteroatoms. The molecule has 0 spiro atoms. The number of nitrogens with zero attached hydrogens (tertiary/aromatic N) is 2. The lowest BCUT2D eigenvalue weighted by molar-refractivity contribution is 0.146. The molecular weight excluding hydrogens is 374 g/mol. The lowest BCUT2D eigenvalue weighted by Crippen LogP contribution is -2.34. The first kappa shape index (κ1) is 19.7. The molecule has 0 saturated heterocycles. The van der Waals surface area contributed by atoms with Gasteiger partial charge in [0.1, 0.15) is 0 Å². The Morgan fingerprint density at radius 2 is 1.73 bits per heavy atom. The van der Waals surface area contributed by atoms with E-state index in [2.05, 4.69) is 36.5 Å². The molecule has 0 aliphatic carbocycles. The quantitative estimate of drug-likeness (QED) is 0.334. The highest BCUT2D eigenvalue weighted by atomic mass is 16.6. The molecule has 0 saturated carbocycles. The molecule has 0 radical (unpaired) electrons. The topological polar surface area (TPSA) is 54.5 Å². The van der Waals surface area contributed by atoms with Crippen LogP contribution < -0.4 is 10.2 Å². The first-order chi connectivity index (χ1) is 14.5. The Morgan fingerprint density at radius 1 is 1.00 bits per heavy atom. The molecule has 0 aliphatic rings. The fourth-order valence-corrected chi connectivity index (χ4v) is 3.51. The molecule has 1 N–H and O–H groups in total. The standard InChI is InChI=1S/C25H25N3O2/c1-17(2)26-25(29)30-16-28(20-10-5-4-6-11-20)24-14-18(3)13-23-21(24)15-19-9-7-8-12-22(19)27-23/h4-15,17H,16H2,1-3H3,(H,26,29). The van der Waals surface area contributed by atoms with E-state index in [1.54, 1.807) is 0 Å². The minimum atomic E-state index is -0.438. The molecule has 4 rings (SSSR count). The highest BCUT2D eigenvalue weighted by Gasteiger charge is 2.17. The van der Waals surface area contributed by atoms with Crippen molar-refractivity contribution >= 4 is 39.3 Å². The number of hydrogen-bond acceptors (Lipinski definition) is 4. The van der Waals surface area contributed by atoms with Gasteiger partial charge in [0.05, 0.1) is 16.7 Å². The highest BCUT2D eigenvalue weighted by molar-refractivity contribution is 6.01. The largest absolute Gasteiger partial charge is 0.428 e. The van der Waals surface area contributed by atoms with Crippen molar-refractivity contribution in [3.63, 3.8) is 0 Å². The third kappa shape index (κ3) is 4.20. The van der Waals surface area contributed by atoms with Crippen molar-refractivity contribution in [2.45, 2.75) is 26.8 Å². The smallest absolute Gasteiger partial charge is 0.409 e. The summed E-state index contributed by atoms with van der Waals surface area (Å²) in [5.74, 6) is 0. The van der Waals surface area contributed by atoms with E-state index in [-0.39, 0.29) is 12.8 Å². The van der Waals surface area contributed by atoms with Gasteiger partial charge in [0.2, 0.25) is 0 Å². The van der Waals surface area contributed by atoms with Crippen LogP contribution in [-0.4, -0.2) is 23.8 Å². The van der Waals surface area contributed by atoms with Gasteiger partial charge in [-0.15, -0.1) is 0 Å². The summed E-state index contributed by atoms with van der Waals surface area (Å²) in [4.78, 5) is 19.0. The van der Waals surface area contributed by atoms with Crippen LogP contribution in [0.1, 0.15) is 19.4 Å². The number of ether oxygens (including phenoxy) is 1. The van der Waals surface area contributed by atoms with Crippen LogP contribution in [0.25, 0.3) is 21.8 Å². The van der Waals surface area contributed by atoms with E-state index in [1.807, 2.05) is 67.3 Å². The molecule has 1 aromatic heterocycles. The Bertz CT molecular complexity index is 1190. The van der Waals surface area contributed by atoms with Gasteiger partial charge in [0.15, 0.2) is 6.73 Å². The van der Waals surface area contributed by atoms with Crippen LogP contribution in [0.4, 0.5) is 16.2 Å². The van der Waals surface area contributed by atoms with Gasteiger partial charge in [-0.05, 0) is 62.7 Å². The molecular formula is C25H25N3O2. The van der Waals surface area contributed by atoms with Crippen molar-refractivity contribution < 1.29 is 9.53 Å². The van der Waals surface area contributed by atoms with Gasteiger partial charge in [-0.3, -0.25) is 0 Å². The first-order valence-corrected chi connectivity index (χ1v) is 10.1. The van der Waals surface area contributed by atoms with E-state index in [1.165, 1.54) is 0 Å². The van der Waals surface area contributed by atoms with E-state index < -0.39 is 6.09 Å². The number of para-hydroxylation sites is 2. The maximum absolute atomic E-state index is 12.2. The molecule has 1 amide bonds. The number of aryl methyl sites for hydroxylation is 1. The Kier molecular flexibility index (Phi) is 5.53. The molecule has 1 heterocycles. The molecule has 3 aromatic carbocycles. The number of nitrogens with one attached hydrogen (secondary N) is 1. The zero-order valence-electron chi connectivity index (χ0n) is 17.4. The predicted octanol–water partition coefficient (Wildman–Crippen LogP) is 5.93. The van der Waals surface area contributed by atoms with Crippen LogP contribution in [0, 0.1) is 6.92 Å². The number of aromatic nitrogens is 1. The molecule has 0 bridgehead atoms. The SMILES string of the molecule is Cc1cc(N(COC(=O)NC(C)C)c2ccccc2)c2cc3ccccc3nc2c1. The average Bonchev–Trinajstić information content (AvgIpc) is 2.72. The third-order valence-electron chi connectivity index (χ3n) is 4.85. The van der Waals surface area contributed by atoms with Crippen LogP contribution in [0.3, 0.4) is 0 Å². The van der Waals surface area contributed by atoms with Crippen LogP contribution >= 0.6 is 0 Å². The monoisotopic (exact) mass is 399 g/mol. The van der Waals surface area contributed by atoms with Crippen molar-refractivity contribution in [2.75, 3.05) is 11.6 Å². The fourth-order valence-electron chi connectivity index (χ4n) is 3.51. The number of carbonyl (C=O) groups is 1. The zero-order valence-corrected chi connectivity index (χ0v) is 17.4. The van der Waals surface area contributed by atoms with E-state index in [0.29, 0.717) is 0 Å². The van der Waals surface area contributed by atoms with Crippen molar-refractivity contribution in [1.29, 1.82) is 0 Å².